The van der Waals surface area contributed by atoms with Crippen LogP contribution in [0.5, 0.6) is 11.5 Å². The molecule has 20 heavy (non-hydrogen) atoms. The minimum absolute atomic E-state index is 0.000346. The fraction of sp³-hybridized carbons (Fsp3) is 0.600. The molecule has 0 radical (unpaired) electrons. The van der Waals surface area contributed by atoms with Crippen LogP contribution in [0.15, 0.2) is 24.3 Å². The first-order valence-corrected chi connectivity index (χ1v) is 7.05. The highest BCUT2D eigenvalue weighted by Gasteiger charge is 2.45. The average molecular weight is 279 g/mol. The molecule has 2 fully saturated rings. The van der Waals surface area contributed by atoms with Crippen molar-refractivity contribution in [2.45, 2.75) is 37.2 Å². The Morgan fingerprint density at radius 3 is 2.75 bits per heavy atom. The lowest BCUT2D eigenvalue weighted by Crippen LogP contribution is -2.51. The van der Waals surface area contributed by atoms with Crippen molar-refractivity contribution in [1.82, 2.24) is 0 Å². The Hall–Kier alpha value is -1.30. The number of ether oxygens (including phenoxy) is 4. The predicted molar refractivity (Wildman–Crippen MR) is 73.9 cm³/mol. The zero-order valence-electron chi connectivity index (χ0n) is 11.7. The maximum Gasteiger partial charge on any atom is 0.172 e. The lowest BCUT2D eigenvalue weighted by atomic mass is 9.88. The molecular formula is C15H21NO4. The van der Waals surface area contributed by atoms with E-state index in [9.17, 15) is 0 Å². The summed E-state index contributed by atoms with van der Waals surface area (Å²) >= 11 is 0. The number of methoxy groups -OCH3 is 1. The van der Waals surface area contributed by atoms with Gasteiger partial charge in [-0.05, 0) is 18.6 Å². The minimum atomic E-state index is -0.487. The van der Waals surface area contributed by atoms with Crippen LogP contribution in [0.2, 0.25) is 0 Å². The summed E-state index contributed by atoms with van der Waals surface area (Å²) in [5, 5.41) is 0. The van der Waals surface area contributed by atoms with Crippen LogP contribution in [-0.2, 0) is 9.47 Å². The minimum Gasteiger partial charge on any atom is -0.497 e. The maximum absolute atomic E-state index is 6.18. The van der Waals surface area contributed by atoms with Crippen LogP contribution >= 0.6 is 0 Å². The number of hydrogen-bond donors (Lipinski definition) is 1. The largest absolute Gasteiger partial charge is 0.497 e. The molecule has 1 spiro atoms. The van der Waals surface area contributed by atoms with E-state index in [0.717, 1.165) is 24.3 Å². The van der Waals surface area contributed by atoms with Gasteiger partial charge in [-0.15, -0.1) is 0 Å². The smallest absolute Gasteiger partial charge is 0.172 e. The monoisotopic (exact) mass is 279 g/mol. The zero-order chi connectivity index (χ0) is 14.0. The molecule has 0 amide bonds. The fourth-order valence-corrected chi connectivity index (χ4v) is 2.87. The average Bonchev–Trinajstić information content (AvgIpc) is 2.92. The van der Waals surface area contributed by atoms with Gasteiger partial charge < -0.3 is 24.7 Å². The lowest BCUT2D eigenvalue weighted by molar-refractivity contribution is -0.195. The SMILES string of the molecule is COc1cccc(OC2CC3(CCC2N)OCCO3)c1. The molecule has 2 aliphatic rings. The molecular weight excluding hydrogens is 258 g/mol. The van der Waals surface area contributed by atoms with Crippen molar-refractivity contribution < 1.29 is 18.9 Å². The third kappa shape index (κ3) is 2.75. The first-order chi connectivity index (χ1) is 9.71. The summed E-state index contributed by atoms with van der Waals surface area (Å²) in [5.41, 5.74) is 6.18. The molecule has 1 heterocycles. The van der Waals surface area contributed by atoms with Gasteiger partial charge in [-0.3, -0.25) is 0 Å². The van der Waals surface area contributed by atoms with Crippen molar-refractivity contribution in [3.05, 3.63) is 24.3 Å². The Balaban J connectivity index is 1.71. The highest BCUT2D eigenvalue weighted by molar-refractivity contribution is 5.33. The van der Waals surface area contributed by atoms with Crippen LogP contribution < -0.4 is 15.2 Å². The van der Waals surface area contributed by atoms with Crippen LogP contribution in [0.4, 0.5) is 0 Å². The van der Waals surface area contributed by atoms with Crippen molar-refractivity contribution >= 4 is 0 Å². The summed E-state index contributed by atoms with van der Waals surface area (Å²) in [7, 11) is 1.64. The van der Waals surface area contributed by atoms with Gasteiger partial charge in [-0.1, -0.05) is 6.07 Å². The van der Waals surface area contributed by atoms with Gasteiger partial charge in [0, 0.05) is 24.9 Å². The molecule has 5 nitrogen and oxygen atoms in total. The molecule has 0 aromatic heterocycles. The van der Waals surface area contributed by atoms with E-state index < -0.39 is 5.79 Å². The van der Waals surface area contributed by atoms with Crippen LogP contribution in [0.25, 0.3) is 0 Å². The number of hydrogen-bond acceptors (Lipinski definition) is 5. The molecule has 1 aromatic rings. The maximum atomic E-state index is 6.18. The second kappa shape index (κ2) is 5.60. The summed E-state index contributed by atoms with van der Waals surface area (Å²) in [6, 6.07) is 7.57. The van der Waals surface area contributed by atoms with E-state index in [1.54, 1.807) is 7.11 Å². The fourth-order valence-electron chi connectivity index (χ4n) is 2.87. The molecule has 3 rings (SSSR count). The second-order valence-corrected chi connectivity index (χ2v) is 5.35. The number of benzene rings is 1. The van der Waals surface area contributed by atoms with E-state index in [-0.39, 0.29) is 12.1 Å². The Morgan fingerprint density at radius 2 is 2.00 bits per heavy atom. The van der Waals surface area contributed by atoms with Crippen LogP contribution in [0, 0.1) is 0 Å². The molecule has 1 aromatic carbocycles. The highest BCUT2D eigenvalue weighted by atomic mass is 16.7. The molecule has 0 bridgehead atoms. The van der Waals surface area contributed by atoms with Crippen molar-refractivity contribution in [3.8, 4) is 11.5 Å². The van der Waals surface area contributed by atoms with Gasteiger partial charge >= 0.3 is 0 Å². The topological polar surface area (TPSA) is 62.9 Å². The van der Waals surface area contributed by atoms with Gasteiger partial charge in [0.25, 0.3) is 0 Å². The van der Waals surface area contributed by atoms with Gasteiger partial charge in [0.1, 0.15) is 17.6 Å². The molecule has 1 aliphatic carbocycles. The lowest BCUT2D eigenvalue weighted by Gasteiger charge is -2.39. The Morgan fingerprint density at radius 1 is 1.25 bits per heavy atom. The summed E-state index contributed by atoms with van der Waals surface area (Å²) in [6.45, 7) is 1.31. The molecule has 1 saturated carbocycles. The van der Waals surface area contributed by atoms with E-state index >= 15 is 0 Å². The molecule has 1 aliphatic heterocycles. The molecule has 2 atom stereocenters. The molecule has 5 heteroatoms. The van der Waals surface area contributed by atoms with Crippen molar-refractivity contribution in [1.29, 1.82) is 0 Å². The first-order valence-electron chi connectivity index (χ1n) is 7.05. The van der Waals surface area contributed by atoms with Gasteiger partial charge in [0.05, 0.1) is 20.3 Å². The summed E-state index contributed by atoms with van der Waals surface area (Å²) < 4.78 is 22.8. The van der Waals surface area contributed by atoms with E-state index in [2.05, 4.69) is 0 Å². The molecule has 1 saturated heterocycles. The summed E-state index contributed by atoms with van der Waals surface area (Å²) in [4.78, 5) is 0. The van der Waals surface area contributed by atoms with E-state index in [0.29, 0.717) is 19.6 Å². The molecule has 2 unspecified atom stereocenters. The normalized spacial score (nSPS) is 28.5. The summed E-state index contributed by atoms with van der Waals surface area (Å²) in [5.74, 6) is 1.05. The third-order valence-corrected chi connectivity index (χ3v) is 3.99. The standard InChI is InChI=1S/C15H21NO4/c1-17-11-3-2-4-12(9-11)20-14-10-15(6-5-13(14)16)18-7-8-19-15/h2-4,9,13-14H,5-8,10,16H2,1H3. The summed E-state index contributed by atoms with van der Waals surface area (Å²) in [6.07, 6.45) is 2.25. The highest BCUT2D eigenvalue weighted by Crippen LogP contribution is 2.37. The van der Waals surface area contributed by atoms with Gasteiger partial charge in [-0.25, -0.2) is 0 Å². The second-order valence-electron chi connectivity index (χ2n) is 5.35. The Kier molecular flexibility index (Phi) is 3.83. The zero-order valence-corrected chi connectivity index (χ0v) is 11.7. The van der Waals surface area contributed by atoms with E-state index in [1.807, 2.05) is 24.3 Å². The third-order valence-electron chi connectivity index (χ3n) is 3.99. The predicted octanol–water partition coefficient (Wildman–Crippen LogP) is 1.70. The van der Waals surface area contributed by atoms with Crippen LogP contribution in [-0.4, -0.2) is 38.3 Å². The van der Waals surface area contributed by atoms with Crippen LogP contribution in [0.3, 0.4) is 0 Å². The Bertz CT molecular complexity index is 459. The van der Waals surface area contributed by atoms with E-state index in [4.69, 9.17) is 24.7 Å². The number of rotatable bonds is 3. The van der Waals surface area contributed by atoms with Gasteiger partial charge in [0.15, 0.2) is 5.79 Å². The van der Waals surface area contributed by atoms with Crippen LogP contribution in [0.1, 0.15) is 19.3 Å². The van der Waals surface area contributed by atoms with Gasteiger partial charge in [0.2, 0.25) is 0 Å². The number of nitrogens with two attached hydrogens (primary N) is 1. The van der Waals surface area contributed by atoms with E-state index in [1.165, 1.54) is 0 Å². The van der Waals surface area contributed by atoms with Crippen molar-refractivity contribution in [2.75, 3.05) is 20.3 Å². The quantitative estimate of drug-likeness (QED) is 0.912. The molecule has 110 valence electrons. The Labute approximate surface area is 118 Å². The first kappa shape index (κ1) is 13.7. The van der Waals surface area contributed by atoms with Gasteiger partial charge in [-0.2, -0.15) is 0 Å². The van der Waals surface area contributed by atoms with Crippen molar-refractivity contribution in [2.24, 2.45) is 5.73 Å². The molecule has 2 N–H and O–H groups in total. The van der Waals surface area contributed by atoms with Crippen molar-refractivity contribution in [3.63, 3.8) is 0 Å².